The van der Waals surface area contributed by atoms with Gasteiger partial charge in [-0.1, -0.05) is 12.1 Å². The average Bonchev–Trinajstić information content (AvgIpc) is 2.49. The summed E-state index contributed by atoms with van der Waals surface area (Å²) in [7, 11) is 0. The van der Waals surface area contributed by atoms with Crippen molar-refractivity contribution < 1.29 is 18.7 Å². The number of esters is 1. The Balaban J connectivity index is 2.69. The predicted octanol–water partition coefficient (Wildman–Crippen LogP) is 3.23. The maximum atomic E-state index is 13.9. The van der Waals surface area contributed by atoms with E-state index in [4.69, 9.17) is 15.2 Å². The number of carbonyl (C=O) groups excluding carboxylic acids is 1. The van der Waals surface area contributed by atoms with Crippen LogP contribution in [0, 0.1) is 17.1 Å². The molecule has 0 aromatic heterocycles. The molecular formula is C16H14BrFN2O3. The lowest BCUT2D eigenvalue weighted by molar-refractivity contribution is -0.139. The first-order valence-corrected chi connectivity index (χ1v) is 7.61. The van der Waals surface area contributed by atoms with E-state index in [2.05, 4.69) is 15.9 Å². The number of nitrogens with two attached hydrogens (primary N) is 1. The number of halogens is 2. The number of nitrogens with zero attached hydrogens (tertiary/aromatic N) is 1. The van der Waals surface area contributed by atoms with Crippen molar-refractivity contribution >= 4 is 21.9 Å². The minimum absolute atomic E-state index is 0.0324. The van der Waals surface area contributed by atoms with Crippen molar-refractivity contribution in [1.29, 1.82) is 5.26 Å². The maximum Gasteiger partial charge on any atom is 0.338 e. The normalized spacial score (nSPS) is 17.6. The van der Waals surface area contributed by atoms with E-state index in [1.165, 1.54) is 12.1 Å². The van der Waals surface area contributed by atoms with Crippen molar-refractivity contribution in [2.75, 3.05) is 6.61 Å². The van der Waals surface area contributed by atoms with Crippen LogP contribution in [0.3, 0.4) is 0 Å². The highest BCUT2D eigenvalue weighted by molar-refractivity contribution is 9.10. The Kier molecular flexibility index (Phi) is 5.06. The van der Waals surface area contributed by atoms with Gasteiger partial charge < -0.3 is 15.2 Å². The molecule has 0 fully saturated rings. The number of carbonyl (C=O) groups is 1. The number of benzene rings is 1. The zero-order valence-electron chi connectivity index (χ0n) is 12.5. The first kappa shape index (κ1) is 17.0. The van der Waals surface area contributed by atoms with Gasteiger partial charge in [-0.2, -0.15) is 5.26 Å². The lowest BCUT2D eigenvalue weighted by atomic mass is 9.83. The molecule has 23 heavy (non-hydrogen) atoms. The fraction of sp³-hybridized carbons (Fsp3) is 0.250. The molecule has 0 radical (unpaired) electrons. The summed E-state index contributed by atoms with van der Waals surface area (Å²) in [5.41, 5.74) is 6.33. The lowest BCUT2D eigenvalue weighted by Crippen LogP contribution is -2.25. The number of ether oxygens (including phenoxy) is 2. The van der Waals surface area contributed by atoms with Crippen LogP contribution in [0.25, 0.3) is 0 Å². The third kappa shape index (κ3) is 3.08. The van der Waals surface area contributed by atoms with E-state index in [0.29, 0.717) is 5.56 Å². The van der Waals surface area contributed by atoms with E-state index in [9.17, 15) is 14.4 Å². The Morgan fingerprint density at radius 1 is 1.57 bits per heavy atom. The summed E-state index contributed by atoms with van der Waals surface area (Å²) in [5, 5.41) is 9.42. The Bertz CT molecular complexity index is 765. The van der Waals surface area contributed by atoms with E-state index in [-0.39, 0.29) is 33.9 Å². The third-order valence-corrected chi connectivity index (χ3v) is 4.23. The second-order valence-corrected chi connectivity index (χ2v) is 5.55. The SMILES string of the molecule is CCOC(=O)C1=C(C)OC(N)=C(C#N)C1c1cccc(F)c1Br. The van der Waals surface area contributed by atoms with Crippen LogP contribution in [0.2, 0.25) is 0 Å². The van der Waals surface area contributed by atoms with Crippen molar-refractivity contribution in [3.63, 3.8) is 0 Å². The molecule has 1 atom stereocenters. The van der Waals surface area contributed by atoms with E-state index in [0.717, 1.165) is 0 Å². The molecule has 2 N–H and O–H groups in total. The molecular weight excluding hydrogens is 367 g/mol. The monoisotopic (exact) mass is 380 g/mol. The van der Waals surface area contributed by atoms with Crippen molar-refractivity contribution in [3.8, 4) is 6.07 Å². The molecule has 0 amide bonds. The zero-order chi connectivity index (χ0) is 17.1. The van der Waals surface area contributed by atoms with Crippen molar-refractivity contribution in [2.24, 2.45) is 5.73 Å². The first-order chi connectivity index (χ1) is 10.9. The van der Waals surface area contributed by atoms with Crippen LogP contribution in [0.5, 0.6) is 0 Å². The maximum absolute atomic E-state index is 13.9. The van der Waals surface area contributed by atoms with E-state index < -0.39 is 17.7 Å². The highest BCUT2D eigenvalue weighted by Gasteiger charge is 2.37. The molecule has 7 heteroatoms. The first-order valence-electron chi connectivity index (χ1n) is 6.81. The van der Waals surface area contributed by atoms with Gasteiger partial charge in [0.1, 0.15) is 23.2 Å². The number of allylic oxidation sites excluding steroid dienone is 2. The molecule has 0 bridgehead atoms. The van der Waals surface area contributed by atoms with Gasteiger partial charge in [0, 0.05) is 0 Å². The lowest BCUT2D eigenvalue weighted by Gasteiger charge is -2.27. The molecule has 1 heterocycles. The number of hydrogen-bond acceptors (Lipinski definition) is 5. The largest absolute Gasteiger partial charge is 0.463 e. The number of hydrogen-bond donors (Lipinski definition) is 1. The van der Waals surface area contributed by atoms with Crippen LogP contribution < -0.4 is 5.73 Å². The van der Waals surface area contributed by atoms with Crippen LogP contribution >= 0.6 is 15.9 Å². The molecule has 2 rings (SSSR count). The summed E-state index contributed by atoms with van der Waals surface area (Å²) in [4.78, 5) is 12.3. The minimum Gasteiger partial charge on any atom is -0.463 e. The molecule has 0 saturated heterocycles. The summed E-state index contributed by atoms with van der Waals surface area (Å²) < 4.78 is 24.4. The Morgan fingerprint density at radius 2 is 2.26 bits per heavy atom. The van der Waals surface area contributed by atoms with E-state index >= 15 is 0 Å². The van der Waals surface area contributed by atoms with Crippen molar-refractivity contribution in [3.05, 3.63) is 56.8 Å². The van der Waals surface area contributed by atoms with E-state index in [1.54, 1.807) is 19.9 Å². The molecule has 1 aliphatic rings. The van der Waals surface area contributed by atoms with E-state index in [1.807, 2.05) is 6.07 Å². The highest BCUT2D eigenvalue weighted by atomic mass is 79.9. The van der Waals surface area contributed by atoms with Gasteiger partial charge in [-0.3, -0.25) is 0 Å². The molecule has 1 aromatic carbocycles. The van der Waals surface area contributed by atoms with Crippen molar-refractivity contribution in [1.82, 2.24) is 0 Å². The van der Waals surface area contributed by atoms with Gasteiger partial charge in [0.25, 0.3) is 0 Å². The molecule has 1 unspecified atom stereocenters. The molecule has 0 saturated carbocycles. The fourth-order valence-corrected chi connectivity index (χ4v) is 2.90. The van der Waals surface area contributed by atoms with Crippen LogP contribution in [-0.2, 0) is 14.3 Å². The predicted molar refractivity (Wildman–Crippen MR) is 84.1 cm³/mol. The van der Waals surface area contributed by atoms with Crippen LogP contribution in [-0.4, -0.2) is 12.6 Å². The number of nitriles is 1. The Hall–Kier alpha value is -2.33. The summed E-state index contributed by atoms with van der Waals surface area (Å²) in [6.07, 6.45) is 0. The van der Waals surface area contributed by atoms with Gasteiger partial charge in [0.05, 0.1) is 22.6 Å². The molecule has 0 aliphatic carbocycles. The molecule has 1 aromatic rings. The highest BCUT2D eigenvalue weighted by Crippen LogP contribution is 2.42. The second-order valence-electron chi connectivity index (χ2n) is 4.76. The molecule has 1 aliphatic heterocycles. The number of rotatable bonds is 3. The van der Waals surface area contributed by atoms with Gasteiger partial charge in [0.15, 0.2) is 0 Å². The minimum atomic E-state index is -0.863. The molecule has 120 valence electrons. The Labute approximate surface area is 141 Å². The standard InChI is InChI=1S/C16H14BrFN2O3/c1-3-22-16(21)12-8(2)23-15(20)10(7-19)13(12)9-5-4-6-11(18)14(9)17/h4-6,13H,3,20H2,1-2H3. The zero-order valence-corrected chi connectivity index (χ0v) is 14.1. The summed E-state index contributed by atoms with van der Waals surface area (Å²) in [5.74, 6) is -1.89. The van der Waals surface area contributed by atoms with Crippen LogP contribution in [0.4, 0.5) is 4.39 Å². The van der Waals surface area contributed by atoms with Gasteiger partial charge in [-0.05, 0) is 41.4 Å². The van der Waals surface area contributed by atoms with Crippen molar-refractivity contribution in [2.45, 2.75) is 19.8 Å². The topological polar surface area (TPSA) is 85.3 Å². The summed E-state index contributed by atoms with van der Waals surface area (Å²) in [6, 6.07) is 6.32. The molecule has 0 spiro atoms. The van der Waals surface area contributed by atoms with Crippen LogP contribution in [0.15, 0.2) is 45.5 Å². The smallest absolute Gasteiger partial charge is 0.338 e. The van der Waals surface area contributed by atoms with Gasteiger partial charge in [0.2, 0.25) is 5.88 Å². The third-order valence-electron chi connectivity index (χ3n) is 3.39. The average molecular weight is 381 g/mol. The Morgan fingerprint density at radius 3 is 2.87 bits per heavy atom. The van der Waals surface area contributed by atoms with Crippen LogP contribution in [0.1, 0.15) is 25.3 Å². The van der Waals surface area contributed by atoms with Gasteiger partial charge in [-0.25, -0.2) is 9.18 Å². The second kappa shape index (κ2) is 6.84. The summed E-state index contributed by atoms with van der Waals surface area (Å²) in [6.45, 7) is 3.38. The fourth-order valence-electron chi connectivity index (χ4n) is 2.41. The van der Waals surface area contributed by atoms with Gasteiger partial charge in [-0.15, -0.1) is 0 Å². The quantitative estimate of drug-likeness (QED) is 0.813. The molecule has 5 nitrogen and oxygen atoms in total. The van der Waals surface area contributed by atoms with Gasteiger partial charge >= 0.3 is 5.97 Å². The summed E-state index contributed by atoms with van der Waals surface area (Å²) >= 11 is 3.16.